The highest BCUT2D eigenvalue weighted by Crippen LogP contribution is 2.33. The van der Waals surface area contributed by atoms with E-state index in [-0.39, 0.29) is 6.10 Å². The first-order chi connectivity index (χ1) is 10.7. The summed E-state index contributed by atoms with van der Waals surface area (Å²) in [5.74, 6) is 1.03. The fourth-order valence-corrected chi connectivity index (χ4v) is 3.99. The van der Waals surface area contributed by atoms with Crippen LogP contribution in [0.5, 0.6) is 5.75 Å². The third-order valence-corrected chi connectivity index (χ3v) is 5.20. The first kappa shape index (κ1) is 16.1. The molecule has 1 aromatic rings. The van der Waals surface area contributed by atoms with Gasteiger partial charge in [0.05, 0.1) is 31.5 Å². The highest BCUT2D eigenvalue weighted by Gasteiger charge is 2.37. The molecule has 1 N–H and O–H groups in total. The second-order valence-corrected chi connectivity index (χ2v) is 6.65. The van der Waals surface area contributed by atoms with Crippen LogP contribution in [-0.4, -0.2) is 49.0 Å². The first-order valence-electron chi connectivity index (χ1n) is 8.01. The monoisotopic (exact) mass is 325 g/mol. The largest absolute Gasteiger partial charge is 0.495 e. The van der Waals surface area contributed by atoms with E-state index in [4.69, 9.17) is 21.1 Å². The third-order valence-electron chi connectivity index (χ3n) is 4.91. The molecule has 1 aromatic carbocycles. The molecule has 122 valence electrons. The Kier molecular flexibility index (Phi) is 5.24. The van der Waals surface area contributed by atoms with E-state index in [0.29, 0.717) is 29.3 Å². The lowest BCUT2D eigenvalue weighted by Gasteiger charge is -2.40. The fraction of sp³-hybridized carbons (Fsp3) is 0.647. The van der Waals surface area contributed by atoms with Crippen molar-refractivity contribution in [3.05, 3.63) is 28.8 Å². The maximum absolute atomic E-state index is 10.2. The molecule has 0 amide bonds. The van der Waals surface area contributed by atoms with Crippen molar-refractivity contribution in [1.82, 2.24) is 4.90 Å². The minimum absolute atomic E-state index is 0.186. The number of benzene rings is 1. The number of hydrogen-bond acceptors (Lipinski definition) is 4. The van der Waals surface area contributed by atoms with Crippen molar-refractivity contribution in [1.29, 1.82) is 0 Å². The van der Waals surface area contributed by atoms with E-state index in [0.717, 1.165) is 39.0 Å². The minimum Gasteiger partial charge on any atom is -0.495 e. The van der Waals surface area contributed by atoms with Gasteiger partial charge in [-0.1, -0.05) is 24.1 Å². The van der Waals surface area contributed by atoms with Crippen LogP contribution in [-0.2, 0) is 11.3 Å². The number of nitrogens with zero attached hydrogens (tertiary/aromatic N) is 1. The van der Waals surface area contributed by atoms with Crippen LogP contribution in [0.25, 0.3) is 0 Å². The van der Waals surface area contributed by atoms with Crippen LogP contribution in [0.3, 0.4) is 0 Å². The van der Waals surface area contributed by atoms with Crippen LogP contribution in [0.1, 0.15) is 24.8 Å². The number of aliphatic hydroxyl groups excluding tert-OH is 1. The number of morpholine rings is 1. The van der Waals surface area contributed by atoms with Gasteiger partial charge in [-0.15, -0.1) is 0 Å². The van der Waals surface area contributed by atoms with Gasteiger partial charge in [-0.25, -0.2) is 0 Å². The van der Waals surface area contributed by atoms with Crippen molar-refractivity contribution in [2.24, 2.45) is 5.92 Å². The normalized spacial score (nSPS) is 29.7. The molecule has 5 heteroatoms. The molecule has 2 fully saturated rings. The van der Waals surface area contributed by atoms with Gasteiger partial charge in [0.1, 0.15) is 5.75 Å². The molecule has 0 unspecified atom stereocenters. The Morgan fingerprint density at radius 3 is 2.95 bits per heavy atom. The van der Waals surface area contributed by atoms with Crippen molar-refractivity contribution >= 4 is 11.6 Å². The molecule has 1 aliphatic heterocycles. The Labute approximate surface area is 137 Å². The summed E-state index contributed by atoms with van der Waals surface area (Å²) >= 11 is 6.23. The van der Waals surface area contributed by atoms with Gasteiger partial charge in [-0.3, -0.25) is 4.90 Å². The van der Waals surface area contributed by atoms with Gasteiger partial charge in [0.25, 0.3) is 0 Å². The van der Waals surface area contributed by atoms with Gasteiger partial charge in [0.2, 0.25) is 0 Å². The number of ether oxygens (including phenoxy) is 2. The lowest BCUT2D eigenvalue weighted by atomic mass is 9.94. The van der Waals surface area contributed by atoms with E-state index in [2.05, 4.69) is 11.0 Å². The fourth-order valence-electron chi connectivity index (χ4n) is 3.71. The molecule has 4 nitrogen and oxygen atoms in total. The predicted molar refractivity (Wildman–Crippen MR) is 86.4 cm³/mol. The molecule has 0 spiro atoms. The summed E-state index contributed by atoms with van der Waals surface area (Å²) < 4.78 is 10.9. The van der Waals surface area contributed by atoms with Crippen molar-refractivity contribution in [3.63, 3.8) is 0 Å². The molecule has 1 heterocycles. The summed E-state index contributed by atoms with van der Waals surface area (Å²) in [4.78, 5) is 2.43. The smallest absolute Gasteiger partial charge is 0.137 e. The van der Waals surface area contributed by atoms with E-state index < -0.39 is 0 Å². The van der Waals surface area contributed by atoms with Gasteiger partial charge in [-0.2, -0.15) is 0 Å². The quantitative estimate of drug-likeness (QED) is 0.924. The number of methoxy groups -OCH3 is 1. The minimum atomic E-state index is -0.186. The zero-order chi connectivity index (χ0) is 15.5. The molecule has 0 aromatic heterocycles. The summed E-state index contributed by atoms with van der Waals surface area (Å²) in [6.07, 6.45) is 2.94. The summed E-state index contributed by atoms with van der Waals surface area (Å²) in [5, 5.41) is 10.9. The van der Waals surface area contributed by atoms with Crippen molar-refractivity contribution in [3.8, 4) is 5.75 Å². The number of hydrogen-bond donors (Lipinski definition) is 1. The molecule has 3 rings (SSSR count). The van der Waals surface area contributed by atoms with Crippen LogP contribution in [0.2, 0.25) is 5.02 Å². The Morgan fingerprint density at radius 2 is 2.27 bits per heavy atom. The first-order valence-corrected chi connectivity index (χ1v) is 8.39. The number of halogens is 1. The van der Waals surface area contributed by atoms with Crippen LogP contribution >= 0.6 is 11.6 Å². The van der Waals surface area contributed by atoms with E-state index in [9.17, 15) is 5.11 Å². The maximum Gasteiger partial charge on any atom is 0.137 e. The van der Waals surface area contributed by atoms with Gasteiger partial charge in [0, 0.05) is 25.0 Å². The zero-order valence-electron chi connectivity index (χ0n) is 13.0. The molecular weight excluding hydrogens is 302 g/mol. The van der Waals surface area contributed by atoms with E-state index in [1.54, 1.807) is 7.11 Å². The summed E-state index contributed by atoms with van der Waals surface area (Å²) in [5.41, 5.74) is 1.17. The molecule has 3 atom stereocenters. The summed E-state index contributed by atoms with van der Waals surface area (Å²) in [7, 11) is 1.63. The standard InChI is InChI=1S/C17H24ClNO3/c1-21-17-6-5-12(9-14(17)18)10-19-7-8-22-11-15(19)13-3-2-4-16(13)20/h5-6,9,13,15-16,20H,2-4,7-8,10-11H2,1H3/t13-,15-,16-/m1/s1. The SMILES string of the molecule is COc1ccc(CN2CCOC[C@@H]2[C@H]2CCC[C@H]2O)cc1Cl. The zero-order valence-corrected chi connectivity index (χ0v) is 13.8. The second kappa shape index (κ2) is 7.18. The molecule has 1 aliphatic carbocycles. The van der Waals surface area contributed by atoms with Crippen LogP contribution in [0, 0.1) is 5.92 Å². The highest BCUT2D eigenvalue weighted by molar-refractivity contribution is 6.32. The maximum atomic E-state index is 10.2. The van der Waals surface area contributed by atoms with Crippen molar-refractivity contribution in [2.75, 3.05) is 26.9 Å². The predicted octanol–water partition coefficient (Wildman–Crippen LogP) is 2.71. The second-order valence-electron chi connectivity index (χ2n) is 6.24. The lowest BCUT2D eigenvalue weighted by Crippen LogP contribution is -2.50. The Bertz CT molecular complexity index is 511. The number of aliphatic hydroxyl groups is 1. The van der Waals surface area contributed by atoms with Crippen molar-refractivity contribution < 1.29 is 14.6 Å². The molecule has 1 saturated heterocycles. The Balaban J connectivity index is 1.72. The topological polar surface area (TPSA) is 41.9 Å². The van der Waals surface area contributed by atoms with E-state index >= 15 is 0 Å². The van der Waals surface area contributed by atoms with E-state index in [1.807, 2.05) is 12.1 Å². The molecule has 0 bridgehead atoms. The molecular formula is C17H24ClNO3. The van der Waals surface area contributed by atoms with Gasteiger partial charge >= 0.3 is 0 Å². The summed E-state index contributed by atoms with van der Waals surface area (Å²) in [6.45, 7) is 3.20. The molecule has 0 radical (unpaired) electrons. The van der Waals surface area contributed by atoms with Gasteiger partial charge in [0.15, 0.2) is 0 Å². The highest BCUT2D eigenvalue weighted by atomic mass is 35.5. The Hall–Kier alpha value is -0.810. The van der Waals surface area contributed by atoms with Gasteiger partial charge in [-0.05, 0) is 30.5 Å². The van der Waals surface area contributed by atoms with Crippen LogP contribution < -0.4 is 4.74 Å². The lowest BCUT2D eigenvalue weighted by molar-refractivity contribution is -0.0536. The van der Waals surface area contributed by atoms with E-state index in [1.165, 1.54) is 5.56 Å². The average Bonchev–Trinajstić information content (AvgIpc) is 2.94. The Morgan fingerprint density at radius 1 is 1.41 bits per heavy atom. The average molecular weight is 326 g/mol. The van der Waals surface area contributed by atoms with Crippen LogP contribution in [0.4, 0.5) is 0 Å². The van der Waals surface area contributed by atoms with Gasteiger partial charge < -0.3 is 14.6 Å². The number of rotatable bonds is 4. The van der Waals surface area contributed by atoms with Crippen LogP contribution in [0.15, 0.2) is 18.2 Å². The van der Waals surface area contributed by atoms with Crippen molar-refractivity contribution in [2.45, 2.75) is 38.0 Å². The molecule has 1 saturated carbocycles. The molecule has 22 heavy (non-hydrogen) atoms. The molecule has 2 aliphatic rings. The summed E-state index contributed by atoms with van der Waals surface area (Å²) in [6, 6.07) is 6.24. The third kappa shape index (κ3) is 3.40.